The SMILES string of the molecule is CCC(C)(CCO)N1CC(C)C1. The highest BCUT2D eigenvalue weighted by Gasteiger charge is 2.36. The molecule has 1 rings (SSSR count). The maximum atomic E-state index is 8.94. The molecule has 0 aromatic rings. The summed E-state index contributed by atoms with van der Waals surface area (Å²) in [5.74, 6) is 0.856. The number of aliphatic hydroxyl groups is 1. The fourth-order valence-electron chi connectivity index (χ4n) is 1.94. The third kappa shape index (κ3) is 1.80. The Morgan fingerprint density at radius 1 is 1.50 bits per heavy atom. The lowest BCUT2D eigenvalue weighted by molar-refractivity contribution is -0.0150. The van der Waals surface area contributed by atoms with Crippen molar-refractivity contribution in [2.24, 2.45) is 5.92 Å². The monoisotopic (exact) mass is 171 g/mol. The van der Waals surface area contributed by atoms with Gasteiger partial charge in [-0.2, -0.15) is 0 Å². The number of aliphatic hydroxyl groups excluding tert-OH is 1. The summed E-state index contributed by atoms with van der Waals surface area (Å²) >= 11 is 0. The van der Waals surface area contributed by atoms with Gasteiger partial charge in [0, 0.05) is 25.2 Å². The van der Waals surface area contributed by atoms with Crippen LogP contribution in [0, 0.1) is 5.92 Å². The van der Waals surface area contributed by atoms with Crippen molar-refractivity contribution in [3.8, 4) is 0 Å². The third-order valence-electron chi connectivity index (χ3n) is 3.24. The topological polar surface area (TPSA) is 23.5 Å². The van der Waals surface area contributed by atoms with Crippen LogP contribution in [-0.4, -0.2) is 35.2 Å². The molecule has 12 heavy (non-hydrogen) atoms. The number of hydrogen-bond acceptors (Lipinski definition) is 2. The second-order valence-corrected chi connectivity index (χ2v) is 4.33. The van der Waals surface area contributed by atoms with Crippen LogP contribution in [0.1, 0.15) is 33.6 Å². The van der Waals surface area contributed by atoms with Gasteiger partial charge in [-0.3, -0.25) is 4.90 Å². The van der Waals surface area contributed by atoms with Crippen LogP contribution in [0.3, 0.4) is 0 Å². The van der Waals surface area contributed by atoms with E-state index in [0.29, 0.717) is 6.61 Å². The maximum Gasteiger partial charge on any atom is 0.0448 e. The van der Waals surface area contributed by atoms with Crippen LogP contribution >= 0.6 is 0 Å². The van der Waals surface area contributed by atoms with Crippen LogP contribution in [0.2, 0.25) is 0 Å². The van der Waals surface area contributed by atoms with Gasteiger partial charge in [0.1, 0.15) is 0 Å². The summed E-state index contributed by atoms with van der Waals surface area (Å²) in [4.78, 5) is 2.49. The minimum atomic E-state index is 0.251. The van der Waals surface area contributed by atoms with E-state index < -0.39 is 0 Å². The van der Waals surface area contributed by atoms with Crippen LogP contribution in [0.4, 0.5) is 0 Å². The standard InChI is InChI=1S/C10H21NO/c1-4-10(3,5-6-12)11-7-9(2)8-11/h9,12H,4-8H2,1-3H3. The number of nitrogens with zero attached hydrogens (tertiary/aromatic N) is 1. The molecule has 1 N–H and O–H groups in total. The molecule has 0 radical (unpaired) electrons. The molecule has 0 aromatic carbocycles. The average Bonchev–Trinajstić information content (AvgIpc) is 1.99. The van der Waals surface area contributed by atoms with Crippen molar-refractivity contribution < 1.29 is 5.11 Å². The van der Waals surface area contributed by atoms with Crippen molar-refractivity contribution in [3.05, 3.63) is 0 Å². The van der Waals surface area contributed by atoms with Crippen LogP contribution in [0.5, 0.6) is 0 Å². The Hall–Kier alpha value is -0.0800. The minimum absolute atomic E-state index is 0.251. The van der Waals surface area contributed by atoms with Crippen LogP contribution < -0.4 is 0 Å². The van der Waals surface area contributed by atoms with Gasteiger partial charge in [-0.15, -0.1) is 0 Å². The van der Waals surface area contributed by atoms with Crippen LogP contribution in [0.25, 0.3) is 0 Å². The first kappa shape index (κ1) is 10.0. The van der Waals surface area contributed by atoms with Gasteiger partial charge in [-0.25, -0.2) is 0 Å². The lowest BCUT2D eigenvalue weighted by atomic mass is 9.86. The first-order chi connectivity index (χ1) is 5.62. The van der Waals surface area contributed by atoms with E-state index in [2.05, 4.69) is 25.7 Å². The smallest absolute Gasteiger partial charge is 0.0448 e. The fourth-order valence-corrected chi connectivity index (χ4v) is 1.94. The molecule has 1 saturated heterocycles. The molecule has 1 unspecified atom stereocenters. The molecule has 0 aliphatic carbocycles. The number of rotatable bonds is 4. The second-order valence-electron chi connectivity index (χ2n) is 4.33. The van der Waals surface area contributed by atoms with Gasteiger partial charge in [0.05, 0.1) is 0 Å². The maximum absolute atomic E-state index is 8.94. The first-order valence-corrected chi connectivity index (χ1v) is 4.98. The van der Waals surface area contributed by atoms with E-state index in [-0.39, 0.29) is 5.54 Å². The van der Waals surface area contributed by atoms with Crippen LogP contribution in [0.15, 0.2) is 0 Å². The molecule has 2 nitrogen and oxygen atoms in total. The second kappa shape index (κ2) is 3.75. The highest BCUT2D eigenvalue weighted by Crippen LogP contribution is 2.30. The van der Waals surface area contributed by atoms with Gasteiger partial charge < -0.3 is 5.11 Å². The predicted molar refractivity (Wildman–Crippen MR) is 51.1 cm³/mol. The summed E-state index contributed by atoms with van der Waals surface area (Å²) in [5, 5.41) is 8.94. The van der Waals surface area contributed by atoms with Gasteiger partial charge in [0.2, 0.25) is 0 Å². The van der Waals surface area contributed by atoms with E-state index in [1.807, 2.05) is 0 Å². The molecule has 0 bridgehead atoms. The van der Waals surface area contributed by atoms with Gasteiger partial charge in [-0.05, 0) is 25.7 Å². The molecular weight excluding hydrogens is 150 g/mol. The van der Waals surface area contributed by atoms with Crippen LogP contribution in [-0.2, 0) is 0 Å². The number of likely N-dealkylation sites (tertiary alicyclic amines) is 1. The molecule has 1 heterocycles. The van der Waals surface area contributed by atoms with Crippen molar-refractivity contribution in [1.82, 2.24) is 4.90 Å². The zero-order valence-corrected chi connectivity index (χ0v) is 8.51. The summed E-state index contributed by atoms with van der Waals surface area (Å²) in [7, 11) is 0. The lowest BCUT2D eigenvalue weighted by Crippen LogP contribution is -2.57. The Morgan fingerprint density at radius 2 is 2.08 bits per heavy atom. The Balaban J connectivity index is 2.43. The molecular formula is C10H21NO. The van der Waals surface area contributed by atoms with E-state index in [4.69, 9.17) is 5.11 Å². The Morgan fingerprint density at radius 3 is 2.42 bits per heavy atom. The van der Waals surface area contributed by atoms with Gasteiger partial charge >= 0.3 is 0 Å². The van der Waals surface area contributed by atoms with Gasteiger partial charge in [0.25, 0.3) is 0 Å². The van der Waals surface area contributed by atoms with Crippen molar-refractivity contribution in [2.75, 3.05) is 19.7 Å². The molecule has 0 saturated carbocycles. The Bertz CT molecular complexity index is 143. The Kier molecular flexibility index (Phi) is 3.13. The zero-order valence-electron chi connectivity index (χ0n) is 8.51. The average molecular weight is 171 g/mol. The first-order valence-electron chi connectivity index (χ1n) is 4.98. The summed E-state index contributed by atoms with van der Waals surface area (Å²) in [6, 6.07) is 0. The van der Waals surface area contributed by atoms with Crippen molar-refractivity contribution >= 4 is 0 Å². The molecule has 0 spiro atoms. The van der Waals surface area contributed by atoms with E-state index in [1.54, 1.807) is 0 Å². The molecule has 1 atom stereocenters. The molecule has 1 aliphatic heterocycles. The number of hydrogen-bond donors (Lipinski definition) is 1. The molecule has 72 valence electrons. The normalized spacial score (nSPS) is 25.0. The predicted octanol–water partition coefficient (Wildman–Crippen LogP) is 1.49. The summed E-state index contributed by atoms with van der Waals surface area (Å²) in [5.41, 5.74) is 0.251. The van der Waals surface area contributed by atoms with Crippen molar-refractivity contribution in [2.45, 2.75) is 39.2 Å². The summed E-state index contributed by atoms with van der Waals surface area (Å²) in [6.07, 6.45) is 2.05. The van der Waals surface area contributed by atoms with Gasteiger partial charge in [0.15, 0.2) is 0 Å². The van der Waals surface area contributed by atoms with E-state index in [0.717, 1.165) is 18.8 Å². The molecule has 0 aromatic heterocycles. The quantitative estimate of drug-likeness (QED) is 0.692. The summed E-state index contributed by atoms with van der Waals surface area (Å²) < 4.78 is 0. The Labute approximate surface area is 75.6 Å². The summed E-state index contributed by atoms with van der Waals surface area (Å²) in [6.45, 7) is 9.49. The lowest BCUT2D eigenvalue weighted by Gasteiger charge is -2.49. The van der Waals surface area contributed by atoms with E-state index >= 15 is 0 Å². The van der Waals surface area contributed by atoms with Gasteiger partial charge in [-0.1, -0.05) is 13.8 Å². The van der Waals surface area contributed by atoms with E-state index in [9.17, 15) is 0 Å². The molecule has 0 amide bonds. The highest BCUT2D eigenvalue weighted by molar-refractivity contribution is 4.91. The minimum Gasteiger partial charge on any atom is -0.396 e. The van der Waals surface area contributed by atoms with E-state index in [1.165, 1.54) is 13.1 Å². The molecule has 1 aliphatic rings. The highest BCUT2D eigenvalue weighted by atomic mass is 16.3. The fraction of sp³-hybridized carbons (Fsp3) is 1.00. The molecule has 1 fully saturated rings. The third-order valence-corrected chi connectivity index (χ3v) is 3.24. The van der Waals surface area contributed by atoms with Crippen molar-refractivity contribution in [1.29, 1.82) is 0 Å². The largest absolute Gasteiger partial charge is 0.396 e. The van der Waals surface area contributed by atoms with Crippen molar-refractivity contribution in [3.63, 3.8) is 0 Å². The molecule has 2 heteroatoms. The zero-order chi connectivity index (χ0) is 9.19.